The second kappa shape index (κ2) is 7.63. The third-order valence-electron chi connectivity index (χ3n) is 5.41. The molecule has 0 aliphatic carbocycles. The van der Waals surface area contributed by atoms with Crippen molar-refractivity contribution in [3.8, 4) is 11.5 Å². The fourth-order valence-electron chi connectivity index (χ4n) is 3.98. The topological polar surface area (TPSA) is 68.7 Å². The van der Waals surface area contributed by atoms with Crippen LogP contribution in [-0.4, -0.2) is 67.5 Å². The molecule has 1 N–H and O–H groups in total. The van der Waals surface area contributed by atoms with Crippen LogP contribution in [0.2, 0.25) is 0 Å². The van der Waals surface area contributed by atoms with Crippen LogP contribution in [0.5, 0.6) is 11.5 Å². The van der Waals surface area contributed by atoms with E-state index in [9.17, 15) is 0 Å². The van der Waals surface area contributed by atoms with Gasteiger partial charge >= 0.3 is 0 Å². The summed E-state index contributed by atoms with van der Waals surface area (Å²) in [7, 11) is 3.27. The Kier molecular flexibility index (Phi) is 5.08. The highest BCUT2D eigenvalue weighted by atomic mass is 16.5. The summed E-state index contributed by atoms with van der Waals surface area (Å²) in [5.74, 6) is 2.22. The monoisotopic (exact) mass is 358 g/mol. The van der Waals surface area contributed by atoms with Crippen LogP contribution < -0.4 is 14.8 Å². The van der Waals surface area contributed by atoms with Crippen LogP contribution in [0.1, 0.15) is 19.3 Å². The molecule has 2 aromatic rings. The molecule has 0 spiro atoms. The normalized spacial score (nSPS) is 21.8. The molecule has 0 bridgehead atoms. The predicted octanol–water partition coefficient (Wildman–Crippen LogP) is 2.31. The Morgan fingerprint density at radius 2 is 1.85 bits per heavy atom. The fraction of sp³-hybridized carbons (Fsp3) is 0.579. The zero-order valence-corrected chi connectivity index (χ0v) is 15.4. The molecule has 2 fully saturated rings. The van der Waals surface area contributed by atoms with E-state index in [2.05, 4.69) is 20.2 Å². The van der Waals surface area contributed by atoms with Gasteiger partial charge in [0.15, 0.2) is 11.5 Å². The highest BCUT2D eigenvalue weighted by Gasteiger charge is 2.29. The van der Waals surface area contributed by atoms with E-state index in [4.69, 9.17) is 14.2 Å². The molecule has 1 unspecified atom stereocenters. The second-order valence-corrected chi connectivity index (χ2v) is 6.92. The van der Waals surface area contributed by atoms with Gasteiger partial charge in [-0.2, -0.15) is 0 Å². The first kappa shape index (κ1) is 17.3. The second-order valence-electron chi connectivity index (χ2n) is 6.92. The number of nitrogens with one attached hydrogen (secondary N) is 1. The molecule has 2 aliphatic heterocycles. The molecular formula is C19H26N4O3. The molecule has 0 radical (unpaired) electrons. The third-order valence-corrected chi connectivity index (χ3v) is 5.41. The van der Waals surface area contributed by atoms with Crippen LogP contribution in [-0.2, 0) is 4.74 Å². The standard InChI is InChI=1S/C19H26N4O3/c1-24-17-9-15-16(10-18(17)25-2)20-12-21-19(15)22-13-3-6-23(11-13)14-4-7-26-8-5-14/h9-10,12-14H,3-8,11H2,1-2H3,(H,20,21,22). The van der Waals surface area contributed by atoms with Gasteiger partial charge in [-0.25, -0.2) is 9.97 Å². The van der Waals surface area contributed by atoms with Crippen molar-refractivity contribution in [2.75, 3.05) is 45.8 Å². The van der Waals surface area contributed by atoms with E-state index >= 15 is 0 Å². The Morgan fingerprint density at radius 1 is 1.08 bits per heavy atom. The molecule has 1 atom stereocenters. The average Bonchev–Trinajstić information content (AvgIpc) is 3.16. The zero-order chi connectivity index (χ0) is 17.9. The number of hydrogen-bond donors (Lipinski definition) is 1. The van der Waals surface area contributed by atoms with E-state index in [0.29, 0.717) is 23.6 Å². The minimum Gasteiger partial charge on any atom is -0.493 e. The van der Waals surface area contributed by atoms with Crippen LogP contribution in [0.4, 0.5) is 5.82 Å². The quantitative estimate of drug-likeness (QED) is 0.879. The van der Waals surface area contributed by atoms with Crippen molar-refractivity contribution in [1.29, 1.82) is 0 Å². The number of hydrogen-bond acceptors (Lipinski definition) is 7. The SMILES string of the molecule is COc1cc2ncnc(NC3CCN(C4CCOCC4)C3)c2cc1OC. The first-order valence-corrected chi connectivity index (χ1v) is 9.23. The number of fused-ring (bicyclic) bond motifs is 1. The lowest BCUT2D eigenvalue weighted by molar-refractivity contribution is 0.0421. The summed E-state index contributed by atoms with van der Waals surface area (Å²) in [6.45, 7) is 3.95. The Morgan fingerprint density at radius 3 is 2.62 bits per heavy atom. The molecule has 2 aliphatic rings. The van der Waals surface area contributed by atoms with Crippen molar-refractivity contribution in [1.82, 2.24) is 14.9 Å². The lowest BCUT2D eigenvalue weighted by Gasteiger charge is -2.31. The summed E-state index contributed by atoms with van der Waals surface area (Å²) < 4.78 is 16.3. The highest BCUT2D eigenvalue weighted by Crippen LogP contribution is 2.34. The summed E-state index contributed by atoms with van der Waals surface area (Å²) in [5.41, 5.74) is 0.847. The highest BCUT2D eigenvalue weighted by molar-refractivity contribution is 5.91. The van der Waals surface area contributed by atoms with Gasteiger partial charge < -0.3 is 19.5 Å². The number of methoxy groups -OCH3 is 2. The van der Waals surface area contributed by atoms with Gasteiger partial charge in [-0.15, -0.1) is 0 Å². The van der Waals surface area contributed by atoms with Gasteiger partial charge in [-0.3, -0.25) is 4.90 Å². The Bertz CT molecular complexity index is 764. The molecule has 7 nitrogen and oxygen atoms in total. The maximum absolute atomic E-state index is 5.49. The molecule has 0 saturated carbocycles. The zero-order valence-electron chi connectivity index (χ0n) is 15.4. The van der Waals surface area contributed by atoms with Crippen LogP contribution in [0, 0.1) is 0 Å². The smallest absolute Gasteiger partial charge is 0.162 e. The molecule has 3 heterocycles. The Balaban J connectivity index is 1.52. The van der Waals surface area contributed by atoms with Gasteiger partial charge in [-0.05, 0) is 25.3 Å². The van der Waals surface area contributed by atoms with Crippen molar-refractivity contribution in [2.45, 2.75) is 31.3 Å². The largest absolute Gasteiger partial charge is 0.493 e. The predicted molar refractivity (Wildman–Crippen MR) is 100 cm³/mol. The van der Waals surface area contributed by atoms with Gasteiger partial charge in [0.1, 0.15) is 12.1 Å². The van der Waals surface area contributed by atoms with Crippen LogP contribution in [0.3, 0.4) is 0 Å². The van der Waals surface area contributed by atoms with Gasteiger partial charge in [0, 0.05) is 49.8 Å². The van der Waals surface area contributed by atoms with E-state index in [-0.39, 0.29) is 0 Å². The number of benzene rings is 1. The van der Waals surface area contributed by atoms with E-state index in [0.717, 1.165) is 62.3 Å². The van der Waals surface area contributed by atoms with Gasteiger partial charge in [-0.1, -0.05) is 0 Å². The number of rotatable bonds is 5. The average molecular weight is 358 g/mol. The summed E-state index contributed by atoms with van der Waals surface area (Å²) in [6, 6.07) is 4.89. The lowest BCUT2D eigenvalue weighted by Crippen LogP contribution is -2.39. The van der Waals surface area contributed by atoms with Crippen molar-refractivity contribution >= 4 is 16.7 Å². The molecule has 140 valence electrons. The van der Waals surface area contributed by atoms with Crippen molar-refractivity contribution in [2.24, 2.45) is 0 Å². The number of likely N-dealkylation sites (tertiary alicyclic amines) is 1. The van der Waals surface area contributed by atoms with Crippen LogP contribution in [0.15, 0.2) is 18.5 Å². The van der Waals surface area contributed by atoms with E-state index in [1.54, 1.807) is 20.5 Å². The van der Waals surface area contributed by atoms with E-state index < -0.39 is 0 Å². The van der Waals surface area contributed by atoms with Gasteiger partial charge in [0.05, 0.1) is 19.7 Å². The van der Waals surface area contributed by atoms with Crippen LogP contribution >= 0.6 is 0 Å². The summed E-state index contributed by atoms with van der Waals surface area (Å²) >= 11 is 0. The van der Waals surface area contributed by atoms with Crippen molar-refractivity contribution in [3.05, 3.63) is 18.5 Å². The van der Waals surface area contributed by atoms with Gasteiger partial charge in [0.25, 0.3) is 0 Å². The molecule has 7 heteroatoms. The summed E-state index contributed by atoms with van der Waals surface area (Å²) in [5, 5.41) is 4.57. The van der Waals surface area contributed by atoms with E-state index in [1.807, 2.05) is 12.1 Å². The molecule has 26 heavy (non-hydrogen) atoms. The first-order valence-electron chi connectivity index (χ1n) is 9.23. The van der Waals surface area contributed by atoms with E-state index in [1.165, 1.54) is 0 Å². The number of aromatic nitrogens is 2. The molecule has 0 amide bonds. The maximum atomic E-state index is 5.49. The molecule has 4 rings (SSSR count). The van der Waals surface area contributed by atoms with Gasteiger partial charge in [0.2, 0.25) is 0 Å². The Labute approximate surface area is 153 Å². The van der Waals surface area contributed by atoms with Crippen LogP contribution in [0.25, 0.3) is 10.9 Å². The van der Waals surface area contributed by atoms with Crippen molar-refractivity contribution in [3.63, 3.8) is 0 Å². The minimum atomic E-state index is 0.393. The third kappa shape index (κ3) is 3.41. The Hall–Kier alpha value is -2.12. The molecular weight excluding hydrogens is 332 g/mol. The summed E-state index contributed by atoms with van der Waals surface area (Å²) in [6.07, 6.45) is 5.00. The first-order chi connectivity index (χ1) is 12.8. The fourth-order valence-corrected chi connectivity index (χ4v) is 3.98. The molecule has 2 saturated heterocycles. The summed E-state index contributed by atoms with van der Waals surface area (Å²) in [4.78, 5) is 11.5. The van der Waals surface area contributed by atoms with Crippen molar-refractivity contribution < 1.29 is 14.2 Å². The minimum absolute atomic E-state index is 0.393. The maximum Gasteiger partial charge on any atom is 0.162 e. The molecule has 1 aromatic heterocycles. The number of ether oxygens (including phenoxy) is 3. The number of nitrogens with zero attached hydrogens (tertiary/aromatic N) is 3. The number of anilines is 1. The lowest BCUT2D eigenvalue weighted by atomic mass is 10.1. The molecule has 1 aromatic carbocycles.